The fraction of sp³-hybridized carbons (Fsp3) is 0.292. The number of hydrogen-bond acceptors (Lipinski definition) is 8. The molecule has 2 aromatic carbocycles. The lowest BCUT2D eigenvalue weighted by molar-refractivity contribution is -0.118. The lowest BCUT2D eigenvalue weighted by atomic mass is 10.1. The van der Waals surface area contributed by atoms with Crippen molar-refractivity contribution in [1.82, 2.24) is 14.9 Å². The smallest absolute Gasteiger partial charge is 0.272 e. The zero-order valence-electron chi connectivity index (χ0n) is 18.9. The van der Waals surface area contributed by atoms with E-state index in [-0.39, 0.29) is 30.4 Å². The number of thiophene rings is 1. The molecule has 4 aromatic rings. The zero-order valence-corrected chi connectivity index (χ0v) is 20.5. The van der Waals surface area contributed by atoms with Gasteiger partial charge < -0.3 is 19.9 Å². The minimum Gasteiger partial charge on any atom is -0.493 e. The summed E-state index contributed by atoms with van der Waals surface area (Å²) < 4.78 is 13.5. The molecule has 4 rings (SSSR count). The van der Waals surface area contributed by atoms with E-state index in [9.17, 15) is 14.7 Å². The van der Waals surface area contributed by atoms with Crippen LogP contribution in [0.1, 0.15) is 5.56 Å². The molecule has 0 unspecified atom stereocenters. The van der Waals surface area contributed by atoms with Gasteiger partial charge >= 0.3 is 0 Å². The molecule has 178 valence electrons. The number of thioether (sulfide) groups is 1. The summed E-state index contributed by atoms with van der Waals surface area (Å²) in [6.07, 6.45) is 0.636. The van der Waals surface area contributed by atoms with Gasteiger partial charge in [-0.1, -0.05) is 36.0 Å². The lowest BCUT2D eigenvalue weighted by Gasteiger charge is -2.11. The monoisotopic (exact) mass is 499 g/mol. The summed E-state index contributed by atoms with van der Waals surface area (Å²) in [7, 11) is 3.17. The summed E-state index contributed by atoms with van der Waals surface area (Å²) in [5, 5.41) is 13.7. The Labute approximate surface area is 204 Å². The second-order valence-corrected chi connectivity index (χ2v) is 9.42. The number of fused-ring (bicyclic) bond motifs is 3. The molecule has 1 amide bonds. The number of aliphatic hydroxyl groups excluding tert-OH is 1. The first-order chi connectivity index (χ1) is 16.5. The number of aliphatic hydroxyl groups is 1. The summed E-state index contributed by atoms with van der Waals surface area (Å²) in [6, 6.07) is 13.4. The predicted octanol–water partition coefficient (Wildman–Crippen LogP) is 3.07. The van der Waals surface area contributed by atoms with Gasteiger partial charge in [-0.3, -0.25) is 14.2 Å². The highest BCUT2D eigenvalue weighted by molar-refractivity contribution is 7.99. The highest BCUT2D eigenvalue weighted by atomic mass is 32.2. The van der Waals surface area contributed by atoms with Crippen LogP contribution < -0.4 is 20.3 Å². The van der Waals surface area contributed by atoms with Crippen LogP contribution in [0.2, 0.25) is 0 Å². The quantitative estimate of drug-likeness (QED) is 0.255. The van der Waals surface area contributed by atoms with Crippen molar-refractivity contribution in [3.05, 3.63) is 58.4 Å². The van der Waals surface area contributed by atoms with E-state index in [2.05, 4.69) is 5.32 Å². The van der Waals surface area contributed by atoms with Crippen LogP contribution in [0.25, 0.3) is 20.3 Å². The van der Waals surface area contributed by atoms with Crippen molar-refractivity contribution in [3.63, 3.8) is 0 Å². The minimum absolute atomic E-state index is 0.109. The molecule has 0 aliphatic carbocycles. The van der Waals surface area contributed by atoms with Gasteiger partial charge in [0.05, 0.1) is 38.6 Å². The molecule has 0 saturated heterocycles. The third kappa shape index (κ3) is 5.03. The summed E-state index contributed by atoms with van der Waals surface area (Å²) >= 11 is 2.58. The van der Waals surface area contributed by atoms with Crippen molar-refractivity contribution < 1.29 is 19.4 Å². The first-order valence-corrected chi connectivity index (χ1v) is 12.5. The average molecular weight is 500 g/mol. The van der Waals surface area contributed by atoms with Gasteiger partial charge in [0, 0.05) is 16.6 Å². The second kappa shape index (κ2) is 10.9. The van der Waals surface area contributed by atoms with Crippen LogP contribution >= 0.6 is 23.1 Å². The number of methoxy groups -OCH3 is 2. The van der Waals surface area contributed by atoms with Gasteiger partial charge in [-0.2, -0.15) is 0 Å². The Morgan fingerprint density at radius 3 is 2.74 bits per heavy atom. The molecule has 8 nitrogen and oxygen atoms in total. The first kappa shape index (κ1) is 24.1. The van der Waals surface area contributed by atoms with Gasteiger partial charge in [0.2, 0.25) is 5.91 Å². The van der Waals surface area contributed by atoms with Crippen molar-refractivity contribution in [2.24, 2.45) is 0 Å². The van der Waals surface area contributed by atoms with Crippen molar-refractivity contribution >= 4 is 49.3 Å². The van der Waals surface area contributed by atoms with Crippen LogP contribution in [0.5, 0.6) is 11.5 Å². The number of ether oxygens (including phenoxy) is 2. The van der Waals surface area contributed by atoms with Crippen molar-refractivity contribution in [3.8, 4) is 11.5 Å². The van der Waals surface area contributed by atoms with Gasteiger partial charge in [0.15, 0.2) is 16.7 Å². The molecule has 0 aliphatic heterocycles. The molecule has 2 aromatic heterocycles. The maximum absolute atomic E-state index is 13.1. The highest BCUT2D eigenvalue weighted by Crippen LogP contribution is 2.32. The van der Waals surface area contributed by atoms with Gasteiger partial charge in [0.25, 0.3) is 5.56 Å². The molecule has 2 heterocycles. The van der Waals surface area contributed by atoms with E-state index >= 15 is 0 Å². The van der Waals surface area contributed by atoms with Crippen LogP contribution in [0, 0.1) is 0 Å². The number of nitrogens with zero attached hydrogens (tertiary/aromatic N) is 2. The normalized spacial score (nSPS) is 11.1. The number of carbonyl (C=O) groups is 1. The molecule has 34 heavy (non-hydrogen) atoms. The maximum atomic E-state index is 13.1. The van der Waals surface area contributed by atoms with Crippen LogP contribution in [0.15, 0.2) is 52.4 Å². The standard InChI is InChI=1S/C24H25N3O5S2/c1-31-17-8-7-15(13-18(17)32-2)9-10-25-20(29)14-33-24-26-21-16-5-3-4-6-19(16)34-22(21)23(30)27(24)11-12-28/h3-8,13,28H,9-12,14H2,1-2H3,(H,25,29). The van der Waals surface area contributed by atoms with E-state index in [0.29, 0.717) is 39.8 Å². The summed E-state index contributed by atoms with van der Waals surface area (Å²) in [5.74, 6) is 1.25. The Morgan fingerprint density at radius 2 is 1.97 bits per heavy atom. The fourth-order valence-corrected chi connectivity index (χ4v) is 5.56. The van der Waals surface area contributed by atoms with Crippen LogP contribution in [-0.2, 0) is 17.8 Å². The maximum Gasteiger partial charge on any atom is 0.272 e. The lowest BCUT2D eigenvalue weighted by Crippen LogP contribution is -2.28. The average Bonchev–Trinajstić information content (AvgIpc) is 3.23. The number of benzene rings is 2. The number of carbonyl (C=O) groups excluding carboxylic acids is 1. The first-order valence-electron chi connectivity index (χ1n) is 10.7. The topological polar surface area (TPSA) is 103 Å². The number of aromatic nitrogens is 2. The van der Waals surface area contributed by atoms with Crippen LogP contribution in [0.4, 0.5) is 0 Å². The molecular formula is C24H25N3O5S2. The van der Waals surface area contributed by atoms with E-state index < -0.39 is 0 Å². The second-order valence-electron chi connectivity index (χ2n) is 7.43. The van der Waals surface area contributed by atoms with E-state index in [4.69, 9.17) is 14.5 Å². The summed E-state index contributed by atoms with van der Waals surface area (Å²) in [5.41, 5.74) is 1.45. The van der Waals surface area contributed by atoms with E-state index in [1.165, 1.54) is 27.7 Å². The van der Waals surface area contributed by atoms with Crippen LogP contribution in [-0.4, -0.2) is 53.7 Å². The molecule has 0 atom stereocenters. The Hall–Kier alpha value is -3.08. The van der Waals surface area contributed by atoms with Gasteiger partial charge in [0.1, 0.15) is 4.70 Å². The molecule has 0 radical (unpaired) electrons. The van der Waals surface area contributed by atoms with Crippen molar-refractivity contribution in [1.29, 1.82) is 0 Å². The SMILES string of the molecule is COc1ccc(CCNC(=O)CSc2nc3c(sc4ccccc43)c(=O)n2CCO)cc1OC. The third-order valence-corrected chi connectivity index (χ3v) is 7.41. The fourth-order valence-electron chi connectivity index (χ4n) is 3.62. The molecule has 0 bridgehead atoms. The van der Waals surface area contributed by atoms with Gasteiger partial charge in [-0.25, -0.2) is 4.98 Å². The Kier molecular flexibility index (Phi) is 7.71. The van der Waals surface area contributed by atoms with Crippen molar-refractivity contribution in [2.45, 2.75) is 18.1 Å². The zero-order chi connectivity index (χ0) is 24.1. The number of amides is 1. The molecule has 0 aliphatic rings. The number of nitrogens with one attached hydrogen (secondary N) is 1. The van der Waals surface area contributed by atoms with Crippen molar-refractivity contribution in [2.75, 3.05) is 33.1 Å². The summed E-state index contributed by atoms with van der Waals surface area (Å²) in [4.78, 5) is 30.2. The molecule has 2 N–H and O–H groups in total. The number of hydrogen-bond donors (Lipinski definition) is 2. The Bertz CT molecular complexity index is 1380. The third-order valence-electron chi connectivity index (χ3n) is 5.29. The number of rotatable bonds is 10. The molecular weight excluding hydrogens is 474 g/mol. The summed E-state index contributed by atoms with van der Waals surface area (Å²) in [6.45, 7) is 0.391. The van der Waals surface area contributed by atoms with E-state index in [0.717, 1.165) is 15.6 Å². The minimum atomic E-state index is -0.198. The highest BCUT2D eigenvalue weighted by Gasteiger charge is 2.17. The Balaban J connectivity index is 1.44. The molecule has 0 saturated carbocycles. The van der Waals surface area contributed by atoms with Crippen LogP contribution in [0.3, 0.4) is 0 Å². The molecule has 0 fully saturated rings. The van der Waals surface area contributed by atoms with Gasteiger partial charge in [-0.05, 0) is 30.2 Å². The Morgan fingerprint density at radius 1 is 1.18 bits per heavy atom. The van der Waals surface area contributed by atoms with E-state index in [1.54, 1.807) is 14.2 Å². The molecule has 0 spiro atoms. The molecule has 10 heteroatoms. The predicted molar refractivity (Wildman–Crippen MR) is 135 cm³/mol. The largest absolute Gasteiger partial charge is 0.493 e. The van der Waals surface area contributed by atoms with E-state index in [1.807, 2.05) is 42.5 Å². The van der Waals surface area contributed by atoms with Gasteiger partial charge in [-0.15, -0.1) is 11.3 Å².